The van der Waals surface area contributed by atoms with Crippen molar-refractivity contribution in [3.8, 4) is 5.75 Å². The molecule has 0 bridgehead atoms. The first-order chi connectivity index (χ1) is 14.4. The average Bonchev–Trinajstić information content (AvgIpc) is 2.76. The number of rotatable bonds is 9. The Balaban J connectivity index is 1.84. The number of aliphatic imine (C=N–C) groups is 1. The van der Waals surface area contributed by atoms with Gasteiger partial charge in [0.2, 0.25) is 0 Å². The fourth-order valence-corrected chi connectivity index (χ4v) is 2.94. The Kier molecular flexibility index (Phi) is 9.19. The third kappa shape index (κ3) is 7.43. The molecule has 0 saturated carbocycles. The molecule has 2 aromatic carbocycles. The summed E-state index contributed by atoms with van der Waals surface area (Å²) < 4.78 is 5.75. The summed E-state index contributed by atoms with van der Waals surface area (Å²) in [6.45, 7) is 7.81. The van der Waals surface area contributed by atoms with E-state index in [0.717, 1.165) is 35.9 Å². The van der Waals surface area contributed by atoms with Gasteiger partial charge in [-0.3, -0.25) is 9.79 Å². The molecule has 1 atom stereocenters. The van der Waals surface area contributed by atoms with E-state index in [4.69, 9.17) is 4.74 Å². The van der Waals surface area contributed by atoms with Crippen LogP contribution in [0.2, 0.25) is 0 Å². The van der Waals surface area contributed by atoms with E-state index in [1.165, 1.54) is 0 Å². The Morgan fingerprint density at radius 2 is 1.83 bits per heavy atom. The van der Waals surface area contributed by atoms with Crippen LogP contribution in [0.5, 0.6) is 5.75 Å². The molecule has 0 aliphatic rings. The van der Waals surface area contributed by atoms with Gasteiger partial charge in [-0.1, -0.05) is 38.1 Å². The van der Waals surface area contributed by atoms with Crippen molar-refractivity contribution < 1.29 is 9.53 Å². The number of benzene rings is 2. The predicted molar refractivity (Wildman–Crippen MR) is 123 cm³/mol. The smallest absolute Gasteiger partial charge is 0.251 e. The summed E-state index contributed by atoms with van der Waals surface area (Å²) in [5.74, 6) is 2.06. The highest BCUT2D eigenvalue weighted by Gasteiger charge is 2.09. The number of hydrogen-bond acceptors (Lipinski definition) is 3. The summed E-state index contributed by atoms with van der Waals surface area (Å²) in [4.78, 5) is 16.1. The zero-order valence-electron chi connectivity index (χ0n) is 18.7. The lowest BCUT2D eigenvalue weighted by atomic mass is 10.1. The lowest BCUT2D eigenvalue weighted by Crippen LogP contribution is -2.39. The van der Waals surface area contributed by atoms with E-state index in [1.54, 1.807) is 14.1 Å². The van der Waals surface area contributed by atoms with Crippen LogP contribution in [0.3, 0.4) is 0 Å². The molecule has 6 heteroatoms. The zero-order valence-corrected chi connectivity index (χ0v) is 18.7. The van der Waals surface area contributed by atoms with Crippen molar-refractivity contribution >= 4 is 11.9 Å². The number of hydrogen-bond donors (Lipinski definition) is 3. The van der Waals surface area contributed by atoms with Crippen LogP contribution in [0.25, 0.3) is 0 Å². The SMILES string of the molecule is CN=C(NCCc1cccc(C(=O)NC)c1)NC(C)c1ccc(OCC(C)C)cc1. The largest absolute Gasteiger partial charge is 0.493 e. The number of nitrogens with zero attached hydrogens (tertiary/aromatic N) is 1. The van der Waals surface area contributed by atoms with Gasteiger partial charge in [-0.05, 0) is 54.7 Å². The molecule has 0 saturated heterocycles. The van der Waals surface area contributed by atoms with Crippen LogP contribution >= 0.6 is 0 Å². The van der Waals surface area contributed by atoms with E-state index < -0.39 is 0 Å². The summed E-state index contributed by atoms with van der Waals surface area (Å²) in [5.41, 5.74) is 2.93. The minimum Gasteiger partial charge on any atom is -0.493 e. The molecular formula is C24H34N4O2. The Labute approximate surface area is 180 Å². The molecule has 0 radical (unpaired) electrons. The highest BCUT2D eigenvalue weighted by molar-refractivity contribution is 5.94. The van der Waals surface area contributed by atoms with Gasteiger partial charge in [0.15, 0.2) is 5.96 Å². The van der Waals surface area contributed by atoms with E-state index in [-0.39, 0.29) is 11.9 Å². The molecule has 0 spiro atoms. The Morgan fingerprint density at radius 3 is 2.47 bits per heavy atom. The van der Waals surface area contributed by atoms with Gasteiger partial charge in [0, 0.05) is 26.2 Å². The van der Waals surface area contributed by atoms with Crippen LogP contribution in [0.15, 0.2) is 53.5 Å². The Bertz CT molecular complexity index is 831. The molecule has 0 heterocycles. The van der Waals surface area contributed by atoms with Crippen molar-refractivity contribution in [1.29, 1.82) is 0 Å². The van der Waals surface area contributed by atoms with Gasteiger partial charge < -0.3 is 20.7 Å². The van der Waals surface area contributed by atoms with Gasteiger partial charge >= 0.3 is 0 Å². The van der Waals surface area contributed by atoms with E-state index in [2.05, 4.69) is 53.8 Å². The summed E-state index contributed by atoms with van der Waals surface area (Å²) >= 11 is 0. The van der Waals surface area contributed by atoms with Crippen LogP contribution in [0.4, 0.5) is 0 Å². The highest BCUT2D eigenvalue weighted by atomic mass is 16.5. The molecule has 30 heavy (non-hydrogen) atoms. The number of carbonyl (C=O) groups excluding carboxylic acids is 1. The normalized spacial score (nSPS) is 12.4. The van der Waals surface area contributed by atoms with Crippen molar-refractivity contribution in [2.24, 2.45) is 10.9 Å². The predicted octanol–water partition coefficient (Wildman–Crippen LogP) is 3.55. The molecule has 162 valence electrons. The molecule has 0 fully saturated rings. The number of nitrogens with one attached hydrogen (secondary N) is 3. The van der Waals surface area contributed by atoms with Crippen LogP contribution in [-0.4, -0.2) is 39.1 Å². The van der Waals surface area contributed by atoms with Gasteiger partial charge in [0.25, 0.3) is 5.91 Å². The summed E-state index contributed by atoms with van der Waals surface area (Å²) in [7, 11) is 3.40. The van der Waals surface area contributed by atoms with Gasteiger partial charge in [-0.25, -0.2) is 0 Å². The number of guanidine groups is 1. The first-order valence-electron chi connectivity index (χ1n) is 10.4. The average molecular weight is 411 g/mol. The number of amides is 1. The minimum atomic E-state index is -0.0725. The lowest BCUT2D eigenvalue weighted by molar-refractivity contribution is 0.0963. The van der Waals surface area contributed by atoms with Crippen LogP contribution in [0.1, 0.15) is 48.3 Å². The van der Waals surface area contributed by atoms with E-state index >= 15 is 0 Å². The molecule has 2 aromatic rings. The van der Waals surface area contributed by atoms with Crippen molar-refractivity contribution in [3.63, 3.8) is 0 Å². The molecule has 3 N–H and O–H groups in total. The fraction of sp³-hybridized carbons (Fsp3) is 0.417. The van der Waals surface area contributed by atoms with Crippen molar-refractivity contribution in [2.45, 2.75) is 33.2 Å². The van der Waals surface area contributed by atoms with Crippen molar-refractivity contribution in [2.75, 3.05) is 27.2 Å². The molecule has 1 amide bonds. The maximum Gasteiger partial charge on any atom is 0.251 e. The summed E-state index contributed by atoms with van der Waals surface area (Å²) in [5, 5.41) is 9.40. The number of carbonyl (C=O) groups is 1. The molecule has 0 aromatic heterocycles. The van der Waals surface area contributed by atoms with E-state index in [0.29, 0.717) is 18.0 Å². The number of ether oxygens (including phenoxy) is 1. The van der Waals surface area contributed by atoms with Crippen LogP contribution < -0.4 is 20.7 Å². The van der Waals surface area contributed by atoms with Gasteiger partial charge in [0.05, 0.1) is 12.6 Å². The maximum absolute atomic E-state index is 11.8. The molecule has 2 rings (SSSR count). The first kappa shape index (κ1) is 23.3. The molecular weight excluding hydrogens is 376 g/mol. The highest BCUT2D eigenvalue weighted by Crippen LogP contribution is 2.18. The van der Waals surface area contributed by atoms with Gasteiger partial charge in [-0.15, -0.1) is 0 Å². The second-order valence-corrected chi connectivity index (χ2v) is 7.67. The molecule has 0 aliphatic carbocycles. The second-order valence-electron chi connectivity index (χ2n) is 7.67. The monoisotopic (exact) mass is 410 g/mol. The van der Waals surface area contributed by atoms with Gasteiger partial charge in [-0.2, -0.15) is 0 Å². The third-order valence-electron chi connectivity index (χ3n) is 4.66. The van der Waals surface area contributed by atoms with Gasteiger partial charge in [0.1, 0.15) is 5.75 Å². The minimum absolute atomic E-state index is 0.0725. The van der Waals surface area contributed by atoms with Crippen molar-refractivity contribution in [1.82, 2.24) is 16.0 Å². The summed E-state index contributed by atoms with van der Waals surface area (Å²) in [6, 6.07) is 15.9. The first-order valence-corrected chi connectivity index (χ1v) is 10.4. The maximum atomic E-state index is 11.8. The van der Waals surface area contributed by atoms with Crippen LogP contribution in [0, 0.1) is 5.92 Å². The van der Waals surface area contributed by atoms with Crippen LogP contribution in [-0.2, 0) is 6.42 Å². The molecule has 1 unspecified atom stereocenters. The fourth-order valence-electron chi connectivity index (χ4n) is 2.94. The van der Waals surface area contributed by atoms with E-state index in [1.807, 2.05) is 36.4 Å². The molecule has 6 nitrogen and oxygen atoms in total. The summed E-state index contributed by atoms with van der Waals surface area (Å²) in [6.07, 6.45) is 0.793. The topological polar surface area (TPSA) is 74.8 Å². The lowest BCUT2D eigenvalue weighted by Gasteiger charge is -2.19. The second kappa shape index (κ2) is 11.9. The van der Waals surface area contributed by atoms with E-state index in [9.17, 15) is 4.79 Å². The zero-order chi connectivity index (χ0) is 21.9. The Morgan fingerprint density at radius 1 is 1.10 bits per heavy atom. The quantitative estimate of drug-likeness (QED) is 0.437. The third-order valence-corrected chi connectivity index (χ3v) is 4.66. The molecule has 0 aliphatic heterocycles. The Hall–Kier alpha value is -3.02. The van der Waals surface area contributed by atoms with Crippen molar-refractivity contribution in [3.05, 3.63) is 65.2 Å². The standard InChI is InChI=1S/C24H34N4O2/c1-17(2)16-30-22-11-9-20(10-12-22)18(3)28-24(26-5)27-14-13-19-7-6-8-21(15-19)23(29)25-4/h6-12,15,17-18H,13-14,16H2,1-5H3,(H,25,29)(H2,26,27,28).